The topological polar surface area (TPSA) is 44.8 Å². The quantitative estimate of drug-likeness (QED) is 0.527. The largest absolute Gasteiger partial charge is 0.379 e. The Balaban J connectivity index is 2.27. The van der Waals surface area contributed by atoms with E-state index in [1.54, 1.807) is 6.08 Å². The van der Waals surface area contributed by atoms with Crippen LogP contribution in [0.1, 0.15) is 0 Å². The molecule has 0 atom stereocenters. The highest BCUT2D eigenvalue weighted by molar-refractivity contribution is 7.78. The number of urea groups is 1. The molecule has 1 heterocycles. The summed E-state index contributed by atoms with van der Waals surface area (Å²) in [5.74, 6) is 0. The van der Waals surface area contributed by atoms with Crippen LogP contribution in [0.15, 0.2) is 12.7 Å². The first-order valence-corrected chi connectivity index (χ1v) is 4.84. The lowest BCUT2D eigenvalue weighted by molar-refractivity contribution is 0.0182. The molecular weight excluding hydrogens is 202 g/mol. The summed E-state index contributed by atoms with van der Waals surface area (Å²) in [5.41, 5.74) is 2.72. The van der Waals surface area contributed by atoms with Crippen LogP contribution in [0.3, 0.4) is 0 Å². The molecule has 0 bridgehead atoms. The second-order valence-electron chi connectivity index (χ2n) is 2.89. The molecule has 1 aliphatic rings. The molecular formula is C8H15N3O2S. The predicted octanol–water partition coefficient (Wildman–Crippen LogP) is 0.276. The van der Waals surface area contributed by atoms with Crippen molar-refractivity contribution in [1.29, 1.82) is 0 Å². The Morgan fingerprint density at radius 1 is 1.64 bits per heavy atom. The van der Waals surface area contributed by atoms with Gasteiger partial charge in [-0.15, -0.1) is 6.58 Å². The summed E-state index contributed by atoms with van der Waals surface area (Å²) in [6.07, 6.45) is 1.62. The zero-order chi connectivity index (χ0) is 10.4. The summed E-state index contributed by atoms with van der Waals surface area (Å²) in [6.45, 7) is 6.66. The molecule has 0 spiro atoms. The van der Waals surface area contributed by atoms with Gasteiger partial charge in [0.2, 0.25) is 0 Å². The van der Waals surface area contributed by atoms with Gasteiger partial charge < -0.3 is 4.74 Å². The van der Waals surface area contributed by atoms with Crippen molar-refractivity contribution in [2.24, 2.45) is 0 Å². The molecule has 0 aromatic carbocycles. The van der Waals surface area contributed by atoms with Crippen LogP contribution in [0.5, 0.6) is 0 Å². The maximum atomic E-state index is 11.4. The zero-order valence-corrected chi connectivity index (χ0v) is 8.87. The van der Waals surface area contributed by atoms with E-state index in [2.05, 4.69) is 24.8 Å². The summed E-state index contributed by atoms with van der Waals surface area (Å²) in [7, 11) is 0. The smallest absolute Gasteiger partial charge is 0.342 e. The minimum atomic E-state index is -0.241. The Hall–Kier alpha value is -0.720. The molecule has 1 rings (SSSR count). The summed E-state index contributed by atoms with van der Waals surface area (Å²) < 4.78 is 6.41. The fourth-order valence-corrected chi connectivity index (χ4v) is 1.23. The van der Waals surface area contributed by atoms with Crippen LogP contribution in [0, 0.1) is 0 Å². The highest BCUT2D eigenvalue weighted by atomic mass is 32.1. The predicted molar refractivity (Wildman–Crippen MR) is 56.8 cm³/mol. The number of morpholine rings is 1. The lowest BCUT2D eigenvalue weighted by Gasteiger charge is -2.28. The normalized spacial score (nSPS) is 17.5. The Morgan fingerprint density at radius 2 is 2.29 bits per heavy atom. The molecule has 0 saturated carbocycles. The molecule has 0 aromatic rings. The Labute approximate surface area is 89.2 Å². The van der Waals surface area contributed by atoms with Gasteiger partial charge in [-0.2, -0.15) is 0 Å². The number of thiol groups is 1. The van der Waals surface area contributed by atoms with Crippen molar-refractivity contribution in [3.05, 3.63) is 12.7 Å². The van der Waals surface area contributed by atoms with Crippen molar-refractivity contribution in [3.63, 3.8) is 0 Å². The molecule has 5 nitrogen and oxygen atoms in total. The van der Waals surface area contributed by atoms with Gasteiger partial charge in [0.05, 0.1) is 19.8 Å². The monoisotopic (exact) mass is 217 g/mol. The molecule has 2 amide bonds. The summed E-state index contributed by atoms with van der Waals surface area (Å²) in [5, 5.41) is 1.82. The molecule has 0 aliphatic carbocycles. The van der Waals surface area contributed by atoms with Crippen LogP contribution in [-0.4, -0.2) is 48.2 Å². The standard InChI is InChI=1S/C8H15N3O2S/c1-2-3-11(14)8(12)9-10-4-6-13-7-5-10/h2,14H,1,3-7H2,(H,9,12). The molecule has 0 aromatic heterocycles. The summed E-state index contributed by atoms with van der Waals surface area (Å²) >= 11 is 4.00. The molecule has 1 saturated heterocycles. The lowest BCUT2D eigenvalue weighted by Crippen LogP contribution is -2.51. The van der Waals surface area contributed by atoms with E-state index in [4.69, 9.17) is 4.74 Å². The minimum absolute atomic E-state index is 0.241. The van der Waals surface area contributed by atoms with Gasteiger partial charge in [0.25, 0.3) is 0 Å². The number of carbonyl (C=O) groups excluding carboxylic acids is 1. The number of amides is 2. The minimum Gasteiger partial charge on any atom is -0.379 e. The van der Waals surface area contributed by atoms with Gasteiger partial charge >= 0.3 is 6.03 Å². The Kier molecular flexibility index (Phi) is 4.78. The molecule has 80 valence electrons. The van der Waals surface area contributed by atoms with E-state index < -0.39 is 0 Å². The van der Waals surface area contributed by atoms with E-state index in [1.165, 1.54) is 4.31 Å². The Morgan fingerprint density at radius 3 is 2.86 bits per heavy atom. The summed E-state index contributed by atoms with van der Waals surface area (Å²) in [6, 6.07) is -0.241. The third kappa shape index (κ3) is 3.57. The first kappa shape index (κ1) is 11.4. The third-order valence-corrected chi connectivity index (χ3v) is 2.15. The van der Waals surface area contributed by atoms with Crippen LogP contribution >= 0.6 is 12.8 Å². The van der Waals surface area contributed by atoms with Crippen molar-refractivity contribution in [2.45, 2.75) is 0 Å². The first-order chi connectivity index (χ1) is 6.74. The molecule has 1 aliphatic heterocycles. The van der Waals surface area contributed by atoms with Crippen molar-refractivity contribution in [1.82, 2.24) is 14.7 Å². The van der Waals surface area contributed by atoms with Gasteiger partial charge in [-0.05, 0) is 0 Å². The molecule has 1 N–H and O–H groups in total. The van der Waals surface area contributed by atoms with Crippen LogP contribution < -0.4 is 5.43 Å². The molecule has 14 heavy (non-hydrogen) atoms. The van der Waals surface area contributed by atoms with E-state index in [1.807, 2.05) is 5.01 Å². The molecule has 0 radical (unpaired) electrons. The van der Waals surface area contributed by atoms with E-state index >= 15 is 0 Å². The Bertz CT molecular complexity index is 207. The van der Waals surface area contributed by atoms with Gasteiger partial charge in [0.15, 0.2) is 0 Å². The van der Waals surface area contributed by atoms with E-state index in [9.17, 15) is 4.79 Å². The van der Waals surface area contributed by atoms with Gasteiger partial charge in [-0.25, -0.2) is 9.80 Å². The van der Waals surface area contributed by atoms with Crippen LogP contribution in [0.2, 0.25) is 0 Å². The van der Waals surface area contributed by atoms with E-state index in [0.29, 0.717) is 32.8 Å². The average molecular weight is 217 g/mol. The van der Waals surface area contributed by atoms with Crippen LogP contribution in [0.25, 0.3) is 0 Å². The fourth-order valence-electron chi connectivity index (χ4n) is 1.07. The molecule has 6 heteroatoms. The van der Waals surface area contributed by atoms with Gasteiger partial charge in [0, 0.05) is 13.1 Å². The van der Waals surface area contributed by atoms with Gasteiger partial charge in [0.1, 0.15) is 0 Å². The average Bonchev–Trinajstić information content (AvgIpc) is 2.19. The SMILES string of the molecule is C=CCN(S)C(=O)NN1CCOCC1. The number of hydrogen-bond acceptors (Lipinski definition) is 4. The molecule has 0 unspecified atom stereocenters. The maximum absolute atomic E-state index is 11.4. The van der Waals surface area contributed by atoms with Crippen molar-refractivity contribution in [3.8, 4) is 0 Å². The van der Waals surface area contributed by atoms with Gasteiger partial charge in [-0.1, -0.05) is 18.9 Å². The lowest BCUT2D eigenvalue weighted by atomic mass is 10.5. The number of hydrogen-bond donors (Lipinski definition) is 2. The molecule has 1 fully saturated rings. The zero-order valence-electron chi connectivity index (χ0n) is 7.98. The highest BCUT2D eigenvalue weighted by Gasteiger charge is 2.15. The van der Waals surface area contributed by atoms with Crippen molar-refractivity contribution >= 4 is 18.8 Å². The summed E-state index contributed by atoms with van der Waals surface area (Å²) in [4.78, 5) is 11.4. The number of hydrazine groups is 1. The van der Waals surface area contributed by atoms with Crippen LogP contribution in [-0.2, 0) is 4.74 Å². The van der Waals surface area contributed by atoms with E-state index in [-0.39, 0.29) is 6.03 Å². The van der Waals surface area contributed by atoms with Crippen LogP contribution in [0.4, 0.5) is 4.79 Å². The second-order valence-corrected chi connectivity index (χ2v) is 3.37. The first-order valence-electron chi connectivity index (χ1n) is 4.44. The number of nitrogens with zero attached hydrogens (tertiary/aromatic N) is 2. The number of rotatable bonds is 3. The fraction of sp³-hybridized carbons (Fsp3) is 0.625. The third-order valence-electron chi connectivity index (χ3n) is 1.80. The number of nitrogens with one attached hydrogen (secondary N) is 1. The van der Waals surface area contributed by atoms with E-state index in [0.717, 1.165) is 0 Å². The highest BCUT2D eigenvalue weighted by Crippen LogP contribution is 1.97. The maximum Gasteiger partial charge on any atom is 0.342 e. The second kappa shape index (κ2) is 5.90. The van der Waals surface area contributed by atoms with Crippen molar-refractivity contribution in [2.75, 3.05) is 32.8 Å². The van der Waals surface area contributed by atoms with Gasteiger partial charge in [-0.3, -0.25) is 9.73 Å². The number of ether oxygens (including phenoxy) is 1. The van der Waals surface area contributed by atoms with Crippen molar-refractivity contribution < 1.29 is 9.53 Å². The number of carbonyl (C=O) groups is 1.